The van der Waals surface area contributed by atoms with Crippen LogP contribution in [0, 0.1) is 0 Å². The van der Waals surface area contributed by atoms with Crippen LogP contribution < -0.4 is 11.1 Å². The van der Waals surface area contributed by atoms with E-state index in [1.807, 2.05) is 5.38 Å². The number of carbonyl (C=O) groups excluding carboxylic acids is 1. The summed E-state index contributed by atoms with van der Waals surface area (Å²) >= 11 is 1.33. The number of nitrogens with two attached hydrogens (primary N) is 1. The highest BCUT2D eigenvalue weighted by Gasteiger charge is 2.26. The monoisotopic (exact) mass is 284 g/mol. The van der Waals surface area contributed by atoms with E-state index in [-0.39, 0.29) is 18.4 Å². The number of likely N-dealkylation sites (tertiary alicyclic amines) is 1. The summed E-state index contributed by atoms with van der Waals surface area (Å²) in [5, 5.41) is 14.0. The average molecular weight is 284 g/mol. The van der Waals surface area contributed by atoms with Gasteiger partial charge in [-0.1, -0.05) is 0 Å². The average Bonchev–Trinajstić information content (AvgIpc) is 2.87. The van der Waals surface area contributed by atoms with E-state index < -0.39 is 6.09 Å². The molecule has 1 saturated heterocycles. The number of amides is 2. The number of carbonyl (C=O) groups is 2. The van der Waals surface area contributed by atoms with Crippen molar-refractivity contribution in [3.05, 3.63) is 11.1 Å². The van der Waals surface area contributed by atoms with Gasteiger partial charge in [0.15, 0.2) is 5.13 Å². The van der Waals surface area contributed by atoms with E-state index in [0.717, 1.165) is 18.5 Å². The maximum absolute atomic E-state index is 11.2. The van der Waals surface area contributed by atoms with Gasteiger partial charge in [-0.25, -0.2) is 9.78 Å². The molecule has 8 heteroatoms. The van der Waals surface area contributed by atoms with Crippen molar-refractivity contribution >= 4 is 28.5 Å². The number of hydrogen-bond acceptors (Lipinski definition) is 5. The van der Waals surface area contributed by atoms with Crippen molar-refractivity contribution in [1.82, 2.24) is 9.88 Å². The maximum Gasteiger partial charge on any atom is 0.407 e. The molecule has 19 heavy (non-hydrogen) atoms. The fourth-order valence-electron chi connectivity index (χ4n) is 2.09. The van der Waals surface area contributed by atoms with E-state index in [2.05, 4.69) is 10.3 Å². The van der Waals surface area contributed by atoms with Crippen LogP contribution in [-0.4, -0.2) is 46.6 Å². The van der Waals surface area contributed by atoms with E-state index in [4.69, 9.17) is 10.8 Å². The Labute approximate surface area is 114 Å². The molecule has 7 nitrogen and oxygen atoms in total. The van der Waals surface area contributed by atoms with Gasteiger partial charge in [0.2, 0.25) is 5.91 Å². The quantitative estimate of drug-likeness (QED) is 0.764. The lowest BCUT2D eigenvalue weighted by molar-refractivity contribution is -0.114. The highest BCUT2D eigenvalue weighted by molar-refractivity contribution is 7.13. The zero-order valence-corrected chi connectivity index (χ0v) is 11.2. The molecule has 0 spiro atoms. The van der Waals surface area contributed by atoms with E-state index >= 15 is 0 Å². The van der Waals surface area contributed by atoms with Crippen molar-refractivity contribution in [1.29, 1.82) is 0 Å². The number of thiazole rings is 1. The molecule has 0 aromatic carbocycles. The lowest BCUT2D eigenvalue weighted by Crippen LogP contribution is -2.38. The van der Waals surface area contributed by atoms with Crippen LogP contribution in [0.2, 0.25) is 0 Å². The molecule has 0 bridgehead atoms. The topological polar surface area (TPSA) is 109 Å². The smallest absolute Gasteiger partial charge is 0.407 e. The van der Waals surface area contributed by atoms with Crippen molar-refractivity contribution < 1.29 is 14.7 Å². The Morgan fingerprint density at radius 1 is 1.63 bits per heavy atom. The van der Waals surface area contributed by atoms with Crippen LogP contribution in [0.3, 0.4) is 0 Å². The van der Waals surface area contributed by atoms with Gasteiger partial charge in [-0.2, -0.15) is 0 Å². The first-order chi connectivity index (χ1) is 9.10. The molecule has 1 aliphatic rings. The van der Waals surface area contributed by atoms with Gasteiger partial charge in [0, 0.05) is 24.4 Å². The second kappa shape index (κ2) is 5.98. The summed E-state index contributed by atoms with van der Waals surface area (Å²) in [4.78, 5) is 27.8. The van der Waals surface area contributed by atoms with Crippen LogP contribution in [-0.2, 0) is 4.79 Å². The van der Waals surface area contributed by atoms with E-state index in [0.29, 0.717) is 18.2 Å². The molecule has 4 N–H and O–H groups in total. The lowest BCUT2D eigenvalue weighted by atomic mass is 9.96. The number of aromatic nitrogens is 1. The van der Waals surface area contributed by atoms with Crippen LogP contribution in [0.5, 0.6) is 0 Å². The van der Waals surface area contributed by atoms with Crippen LogP contribution in [0.4, 0.5) is 9.93 Å². The van der Waals surface area contributed by atoms with Crippen LogP contribution in [0.25, 0.3) is 0 Å². The Morgan fingerprint density at radius 3 is 3.11 bits per heavy atom. The Hall–Kier alpha value is -1.67. The molecule has 1 aliphatic heterocycles. The minimum Gasteiger partial charge on any atom is -0.465 e. The molecule has 1 atom stereocenters. The van der Waals surface area contributed by atoms with Gasteiger partial charge in [0.1, 0.15) is 0 Å². The molecule has 0 saturated carbocycles. The third-order valence-corrected chi connectivity index (χ3v) is 3.84. The third-order valence-electron chi connectivity index (χ3n) is 3.06. The van der Waals surface area contributed by atoms with E-state index in [1.54, 1.807) is 0 Å². The fourth-order valence-corrected chi connectivity index (χ4v) is 2.90. The summed E-state index contributed by atoms with van der Waals surface area (Å²) in [7, 11) is 0. The molecular weight excluding hydrogens is 268 g/mol. The number of nitrogens with one attached hydrogen (secondary N) is 1. The Kier molecular flexibility index (Phi) is 4.33. The highest BCUT2D eigenvalue weighted by Crippen LogP contribution is 2.29. The number of nitrogens with zero attached hydrogens (tertiary/aromatic N) is 2. The van der Waals surface area contributed by atoms with E-state index in [1.165, 1.54) is 16.2 Å². The van der Waals surface area contributed by atoms with Crippen molar-refractivity contribution in [2.75, 3.05) is 25.0 Å². The van der Waals surface area contributed by atoms with E-state index in [9.17, 15) is 9.59 Å². The summed E-state index contributed by atoms with van der Waals surface area (Å²) < 4.78 is 0. The molecular formula is C11H16N4O3S. The molecule has 104 valence electrons. The molecule has 0 aliphatic carbocycles. The van der Waals surface area contributed by atoms with Gasteiger partial charge >= 0.3 is 6.09 Å². The summed E-state index contributed by atoms with van der Waals surface area (Å²) in [5.74, 6) is -0.179. The second-order valence-electron chi connectivity index (χ2n) is 4.40. The van der Waals surface area contributed by atoms with Gasteiger partial charge < -0.3 is 21.1 Å². The van der Waals surface area contributed by atoms with Crippen LogP contribution >= 0.6 is 11.3 Å². The zero-order valence-electron chi connectivity index (χ0n) is 10.3. The van der Waals surface area contributed by atoms with Crippen LogP contribution in [0.1, 0.15) is 24.5 Å². The first kappa shape index (κ1) is 13.8. The van der Waals surface area contributed by atoms with Gasteiger partial charge in [-0.05, 0) is 12.8 Å². The number of hydrogen-bond donors (Lipinski definition) is 3. The molecule has 1 fully saturated rings. The fraction of sp³-hybridized carbons (Fsp3) is 0.545. The molecule has 2 rings (SSSR count). The molecule has 2 heterocycles. The SMILES string of the molecule is NCC(=O)Nc1nc([C@H]2CCCN(C(=O)O)C2)cs1. The van der Waals surface area contributed by atoms with Crippen molar-refractivity contribution in [3.63, 3.8) is 0 Å². The van der Waals surface area contributed by atoms with Crippen molar-refractivity contribution in [2.45, 2.75) is 18.8 Å². The Morgan fingerprint density at radius 2 is 2.42 bits per heavy atom. The Balaban J connectivity index is 2.01. The number of rotatable bonds is 3. The van der Waals surface area contributed by atoms with Gasteiger partial charge in [0.25, 0.3) is 0 Å². The van der Waals surface area contributed by atoms with Crippen molar-refractivity contribution in [2.24, 2.45) is 5.73 Å². The summed E-state index contributed by atoms with van der Waals surface area (Å²) in [5.41, 5.74) is 6.05. The minimum atomic E-state index is -0.892. The molecule has 2 amide bonds. The number of anilines is 1. The largest absolute Gasteiger partial charge is 0.465 e. The summed E-state index contributed by atoms with van der Waals surface area (Å²) in [6.07, 6.45) is 0.855. The second-order valence-corrected chi connectivity index (χ2v) is 5.26. The Bertz CT molecular complexity index is 476. The van der Waals surface area contributed by atoms with Crippen LogP contribution in [0.15, 0.2) is 5.38 Å². The van der Waals surface area contributed by atoms with Crippen molar-refractivity contribution in [3.8, 4) is 0 Å². The molecule has 1 aromatic rings. The first-order valence-electron chi connectivity index (χ1n) is 6.03. The van der Waals surface area contributed by atoms with Gasteiger partial charge in [-0.15, -0.1) is 11.3 Å². The standard InChI is InChI=1S/C11H16N4O3S/c12-4-9(16)14-10-13-8(6-19-10)7-2-1-3-15(5-7)11(17)18/h6-7H,1-5,12H2,(H,17,18)(H,13,14,16)/t7-/m0/s1. The number of carboxylic acid groups (broad SMARTS) is 1. The predicted octanol–water partition coefficient (Wildman–Crippen LogP) is 0.898. The zero-order chi connectivity index (χ0) is 13.8. The van der Waals surface area contributed by atoms with Gasteiger partial charge in [0.05, 0.1) is 12.2 Å². The first-order valence-corrected chi connectivity index (χ1v) is 6.91. The molecule has 0 radical (unpaired) electrons. The molecule has 0 unspecified atom stereocenters. The number of piperidine rings is 1. The third kappa shape index (κ3) is 3.42. The summed E-state index contributed by atoms with van der Waals surface area (Å²) in [6.45, 7) is 0.960. The summed E-state index contributed by atoms with van der Waals surface area (Å²) in [6, 6.07) is 0. The minimum absolute atomic E-state index is 0.0782. The highest BCUT2D eigenvalue weighted by atomic mass is 32.1. The maximum atomic E-state index is 11.2. The normalized spacial score (nSPS) is 19.2. The van der Waals surface area contributed by atoms with Gasteiger partial charge in [-0.3, -0.25) is 4.79 Å². The molecule has 1 aromatic heterocycles. The predicted molar refractivity (Wildman–Crippen MR) is 71.4 cm³/mol. The lowest BCUT2D eigenvalue weighted by Gasteiger charge is -2.29.